The van der Waals surface area contributed by atoms with Crippen molar-refractivity contribution in [3.8, 4) is 5.75 Å². The van der Waals surface area contributed by atoms with Gasteiger partial charge in [-0.1, -0.05) is 25.5 Å². The number of halogens is 1. The molecule has 1 rings (SSSR count). The standard InChI is InChI=1S/C18H31N3O2.HI/c1-4-6-14-23-17-9-7-16(8-10-17)11-12-20-18(19-5-2)21-13-15-22-3;/h7-10H,4-6,11-15H2,1-3H3,(H2,19,20,21);1H. The molecular weight excluding hydrogens is 417 g/mol. The Labute approximate surface area is 163 Å². The fourth-order valence-corrected chi connectivity index (χ4v) is 2.00. The van der Waals surface area contributed by atoms with Crippen LogP contribution >= 0.6 is 24.0 Å². The molecule has 0 aliphatic rings. The third-order valence-corrected chi connectivity index (χ3v) is 3.31. The van der Waals surface area contributed by atoms with Gasteiger partial charge < -0.3 is 20.1 Å². The Kier molecular flexibility index (Phi) is 14.8. The van der Waals surface area contributed by atoms with Gasteiger partial charge in [0.25, 0.3) is 0 Å². The minimum Gasteiger partial charge on any atom is -0.494 e. The summed E-state index contributed by atoms with van der Waals surface area (Å²) < 4.78 is 10.7. The molecule has 0 amide bonds. The van der Waals surface area contributed by atoms with Crippen LogP contribution in [-0.4, -0.2) is 45.9 Å². The molecule has 0 aliphatic heterocycles. The van der Waals surface area contributed by atoms with Gasteiger partial charge in [-0.05, 0) is 37.5 Å². The monoisotopic (exact) mass is 449 g/mol. The first-order valence-electron chi connectivity index (χ1n) is 8.53. The Morgan fingerprint density at radius 1 is 1.08 bits per heavy atom. The number of methoxy groups -OCH3 is 1. The second kappa shape index (κ2) is 15.5. The lowest BCUT2D eigenvalue weighted by atomic mass is 10.1. The van der Waals surface area contributed by atoms with Gasteiger partial charge in [0, 0.05) is 20.2 Å². The lowest BCUT2D eigenvalue weighted by Crippen LogP contribution is -2.38. The maximum absolute atomic E-state index is 5.67. The minimum atomic E-state index is 0. The Morgan fingerprint density at radius 2 is 1.83 bits per heavy atom. The quantitative estimate of drug-likeness (QED) is 0.236. The zero-order valence-corrected chi connectivity index (χ0v) is 17.5. The van der Waals surface area contributed by atoms with Crippen molar-refractivity contribution in [2.24, 2.45) is 4.99 Å². The minimum absolute atomic E-state index is 0. The topological polar surface area (TPSA) is 54.9 Å². The summed E-state index contributed by atoms with van der Waals surface area (Å²) in [6.07, 6.45) is 3.20. The summed E-state index contributed by atoms with van der Waals surface area (Å²) in [4.78, 5) is 4.44. The molecule has 24 heavy (non-hydrogen) atoms. The first-order valence-corrected chi connectivity index (χ1v) is 8.53. The number of nitrogens with one attached hydrogen (secondary N) is 2. The van der Waals surface area contributed by atoms with E-state index in [2.05, 4.69) is 41.6 Å². The molecular formula is C18H32IN3O2. The van der Waals surface area contributed by atoms with Crippen LogP contribution in [0.3, 0.4) is 0 Å². The fourth-order valence-electron chi connectivity index (χ4n) is 2.00. The van der Waals surface area contributed by atoms with E-state index in [1.54, 1.807) is 7.11 Å². The molecule has 2 N–H and O–H groups in total. The average Bonchev–Trinajstić information content (AvgIpc) is 2.57. The molecule has 0 saturated carbocycles. The molecule has 1 aromatic rings. The van der Waals surface area contributed by atoms with E-state index in [0.717, 1.165) is 50.7 Å². The molecule has 0 aliphatic carbocycles. The van der Waals surface area contributed by atoms with Crippen LogP contribution in [-0.2, 0) is 11.2 Å². The predicted molar refractivity (Wildman–Crippen MR) is 112 cm³/mol. The van der Waals surface area contributed by atoms with E-state index in [9.17, 15) is 0 Å². The molecule has 0 atom stereocenters. The van der Waals surface area contributed by atoms with E-state index in [1.165, 1.54) is 5.56 Å². The summed E-state index contributed by atoms with van der Waals surface area (Å²) in [7, 11) is 1.69. The molecule has 0 spiro atoms. The van der Waals surface area contributed by atoms with Crippen molar-refractivity contribution in [3.63, 3.8) is 0 Å². The molecule has 0 radical (unpaired) electrons. The van der Waals surface area contributed by atoms with Gasteiger partial charge in [0.15, 0.2) is 5.96 Å². The fraction of sp³-hybridized carbons (Fsp3) is 0.611. The number of benzene rings is 1. The van der Waals surface area contributed by atoms with Crippen LogP contribution < -0.4 is 15.4 Å². The lowest BCUT2D eigenvalue weighted by molar-refractivity contribution is 0.208. The molecule has 138 valence electrons. The second-order valence-corrected chi connectivity index (χ2v) is 5.28. The largest absolute Gasteiger partial charge is 0.494 e. The molecule has 0 bridgehead atoms. The summed E-state index contributed by atoms with van der Waals surface area (Å²) in [6.45, 7) is 8.01. The number of unbranched alkanes of at least 4 members (excludes halogenated alkanes) is 1. The van der Waals surface area contributed by atoms with E-state index >= 15 is 0 Å². The Hall–Kier alpha value is -1.02. The Bertz CT molecular complexity index is 438. The molecule has 0 fully saturated rings. The highest BCUT2D eigenvalue weighted by atomic mass is 127. The first-order chi connectivity index (χ1) is 11.3. The van der Waals surface area contributed by atoms with E-state index in [4.69, 9.17) is 9.47 Å². The van der Waals surface area contributed by atoms with Crippen LogP contribution in [0, 0.1) is 0 Å². The van der Waals surface area contributed by atoms with Crippen LogP contribution in [0.25, 0.3) is 0 Å². The van der Waals surface area contributed by atoms with Crippen LogP contribution in [0.15, 0.2) is 29.3 Å². The number of ether oxygens (including phenoxy) is 2. The van der Waals surface area contributed by atoms with Gasteiger partial charge in [-0.2, -0.15) is 0 Å². The van der Waals surface area contributed by atoms with Gasteiger partial charge in [-0.15, -0.1) is 24.0 Å². The third kappa shape index (κ3) is 10.7. The lowest BCUT2D eigenvalue weighted by Gasteiger charge is -2.11. The van der Waals surface area contributed by atoms with Crippen molar-refractivity contribution < 1.29 is 9.47 Å². The van der Waals surface area contributed by atoms with Crippen molar-refractivity contribution in [2.75, 3.05) is 40.0 Å². The number of nitrogens with zero attached hydrogens (tertiary/aromatic N) is 1. The van der Waals surface area contributed by atoms with E-state index < -0.39 is 0 Å². The molecule has 0 saturated heterocycles. The van der Waals surface area contributed by atoms with Gasteiger partial charge in [0.1, 0.15) is 5.75 Å². The van der Waals surface area contributed by atoms with Crippen LogP contribution in [0.5, 0.6) is 5.75 Å². The maximum atomic E-state index is 5.67. The summed E-state index contributed by atoms with van der Waals surface area (Å²) in [5.74, 6) is 1.79. The highest BCUT2D eigenvalue weighted by molar-refractivity contribution is 14.0. The highest BCUT2D eigenvalue weighted by Crippen LogP contribution is 2.12. The van der Waals surface area contributed by atoms with Crippen molar-refractivity contribution in [3.05, 3.63) is 29.8 Å². The van der Waals surface area contributed by atoms with Crippen molar-refractivity contribution in [2.45, 2.75) is 33.1 Å². The van der Waals surface area contributed by atoms with Gasteiger partial charge >= 0.3 is 0 Å². The number of rotatable bonds is 11. The average molecular weight is 449 g/mol. The second-order valence-electron chi connectivity index (χ2n) is 5.28. The van der Waals surface area contributed by atoms with Gasteiger partial charge in [-0.25, -0.2) is 0 Å². The number of guanidine groups is 1. The van der Waals surface area contributed by atoms with Gasteiger partial charge in [-0.3, -0.25) is 4.99 Å². The van der Waals surface area contributed by atoms with Gasteiger partial charge in [0.05, 0.1) is 19.8 Å². The summed E-state index contributed by atoms with van der Waals surface area (Å²) in [5, 5.41) is 6.57. The van der Waals surface area contributed by atoms with E-state index in [1.807, 2.05) is 12.1 Å². The number of hydrogen-bond acceptors (Lipinski definition) is 3. The number of aliphatic imine (C=N–C) groups is 1. The molecule has 0 unspecified atom stereocenters. The molecule has 0 heterocycles. The Balaban J connectivity index is 0.00000529. The van der Waals surface area contributed by atoms with Crippen molar-refractivity contribution in [1.82, 2.24) is 10.6 Å². The number of hydrogen-bond donors (Lipinski definition) is 2. The Morgan fingerprint density at radius 3 is 2.46 bits per heavy atom. The van der Waals surface area contributed by atoms with E-state index in [0.29, 0.717) is 13.2 Å². The highest BCUT2D eigenvalue weighted by Gasteiger charge is 1.99. The molecule has 6 heteroatoms. The van der Waals surface area contributed by atoms with Crippen LogP contribution in [0.1, 0.15) is 32.3 Å². The first kappa shape index (κ1) is 23.0. The molecule has 0 aromatic heterocycles. The van der Waals surface area contributed by atoms with Crippen LogP contribution in [0.4, 0.5) is 0 Å². The van der Waals surface area contributed by atoms with E-state index in [-0.39, 0.29) is 24.0 Å². The van der Waals surface area contributed by atoms with Crippen molar-refractivity contribution >= 4 is 29.9 Å². The van der Waals surface area contributed by atoms with Gasteiger partial charge in [0.2, 0.25) is 0 Å². The maximum Gasteiger partial charge on any atom is 0.191 e. The smallest absolute Gasteiger partial charge is 0.191 e. The summed E-state index contributed by atoms with van der Waals surface area (Å²) in [5.41, 5.74) is 1.29. The summed E-state index contributed by atoms with van der Waals surface area (Å²) >= 11 is 0. The summed E-state index contributed by atoms with van der Waals surface area (Å²) in [6, 6.07) is 8.33. The molecule has 5 nitrogen and oxygen atoms in total. The SMILES string of the molecule is CCCCOc1ccc(CCNC(=NCCOC)NCC)cc1.I. The predicted octanol–water partition coefficient (Wildman–Crippen LogP) is 3.23. The molecule has 1 aromatic carbocycles. The third-order valence-electron chi connectivity index (χ3n) is 3.31. The van der Waals surface area contributed by atoms with Crippen molar-refractivity contribution in [1.29, 1.82) is 0 Å². The van der Waals surface area contributed by atoms with Crippen LogP contribution in [0.2, 0.25) is 0 Å². The zero-order chi connectivity index (χ0) is 16.8. The zero-order valence-electron chi connectivity index (χ0n) is 15.1. The normalized spacial score (nSPS) is 10.9.